The summed E-state index contributed by atoms with van der Waals surface area (Å²) in [4.78, 5) is 0. The summed E-state index contributed by atoms with van der Waals surface area (Å²) in [6.45, 7) is 4.92. The van der Waals surface area contributed by atoms with E-state index in [0.717, 1.165) is 29.9 Å². The topological polar surface area (TPSA) is 33.6 Å². The molecule has 0 aromatic heterocycles. The maximum Gasteiger partial charge on any atom is 0.416 e. The van der Waals surface area contributed by atoms with Crippen molar-refractivity contribution in [3.05, 3.63) is 58.6 Å². The maximum absolute atomic E-state index is 12.7. The number of hydrogen-bond donors (Lipinski definition) is 1. The minimum Gasteiger partial charge on any atom is -0.494 e. The highest BCUT2D eigenvalue weighted by molar-refractivity contribution is 6.33. The van der Waals surface area contributed by atoms with Crippen LogP contribution in [0.4, 0.5) is 18.9 Å². The van der Waals surface area contributed by atoms with E-state index in [4.69, 9.17) is 16.3 Å². The van der Waals surface area contributed by atoms with Crippen LogP contribution in [0.15, 0.2) is 47.6 Å². The Bertz CT molecular complexity index is 743. The minimum atomic E-state index is -4.43. The number of hydrogen-bond acceptors (Lipinski definition) is 3. The Balaban J connectivity index is 1.96. The lowest BCUT2D eigenvalue weighted by Gasteiger charge is -2.10. The monoisotopic (exact) mass is 384 g/mol. The van der Waals surface area contributed by atoms with Crippen molar-refractivity contribution in [2.24, 2.45) is 11.0 Å². The Morgan fingerprint density at radius 2 is 1.85 bits per heavy atom. The molecule has 0 radical (unpaired) electrons. The van der Waals surface area contributed by atoms with E-state index in [1.807, 2.05) is 24.3 Å². The molecule has 2 rings (SSSR count). The third-order valence-corrected chi connectivity index (χ3v) is 3.87. The Hall–Kier alpha value is -2.21. The third-order valence-electron chi connectivity index (χ3n) is 3.54. The lowest BCUT2D eigenvalue weighted by Crippen LogP contribution is -2.05. The van der Waals surface area contributed by atoms with Gasteiger partial charge in [-0.2, -0.15) is 18.3 Å². The number of nitrogens with zero attached hydrogens (tertiary/aromatic N) is 1. The van der Waals surface area contributed by atoms with E-state index in [2.05, 4.69) is 24.4 Å². The summed E-state index contributed by atoms with van der Waals surface area (Å²) < 4.78 is 43.8. The Morgan fingerprint density at radius 3 is 2.46 bits per heavy atom. The van der Waals surface area contributed by atoms with E-state index < -0.39 is 11.7 Å². The van der Waals surface area contributed by atoms with Crippen LogP contribution in [0.25, 0.3) is 0 Å². The molecule has 1 N–H and O–H groups in total. The van der Waals surface area contributed by atoms with Crippen LogP contribution in [0.3, 0.4) is 0 Å². The van der Waals surface area contributed by atoms with Gasteiger partial charge in [-0.1, -0.05) is 25.4 Å². The van der Waals surface area contributed by atoms with E-state index >= 15 is 0 Å². The number of alkyl halides is 3. The second-order valence-electron chi connectivity index (χ2n) is 6.16. The zero-order valence-corrected chi connectivity index (χ0v) is 15.2. The molecular weight excluding hydrogens is 365 g/mol. The van der Waals surface area contributed by atoms with E-state index in [-0.39, 0.29) is 10.7 Å². The molecule has 0 saturated carbocycles. The van der Waals surface area contributed by atoms with Crippen LogP contribution in [0.1, 0.15) is 31.4 Å². The molecule has 0 unspecified atom stereocenters. The van der Waals surface area contributed by atoms with E-state index in [1.54, 1.807) is 0 Å². The van der Waals surface area contributed by atoms with Crippen molar-refractivity contribution >= 4 is 23.5 Å². The van der Waals surface area contributed by atoms with Crippen molar-refractivity contribution in [1.29, 1.82) is 0 Å². The van der Waals surface area contributed by atoms with Crippen molar-refractivity contribution in [1.82, 2.24) is 0 Å². The Kier molecular flexibility index (Phi) is 6.91. The minimum absolute atomic E-state index is 0.0892. The summed E-state index contributed by atoms with van der Waals surface area (Å²) in [5, 5.41) is 4.10. The van der Waals surface area contributed by atoms with Gasteiger partial charge < -0.3 is 4.74 Å². The molecule has 0 atom stereocenters. The summed E-state index contributed by atoms with van der Waals surface area (Å²) in [6, 6.07) is 10.3. The quantitative estimate of drug-likeness (QED) is 0.453. The third kappa shape index (κ3) is 6.26. The highest BCUT2D eigenvalue weighted by Gasteiger charge is 2.30. The summed E-state index contributed by atoms with van der Waals surface area (Å²) in [5.74, 6) is 1.34. The molecule has 140 valence electrons. The molecule has 2 aromatic rings. The van der Waals surface area contributed by atoms with Crippen LogP contribution in [0, 0.1) is 5.92 Å². The SMILES string of the molecule is CC(C)CCOc1ccc(C=NNc2cc(C(F)(F)F)ccc2Cl)cc1. The van der Waals surface area contributed by atoms with Crippen molar-refractivity contribution < 1.29 is 17.9 Å². The van der Waals surface area contributed by atoms with Crippen LogP contribution in [0.5, 0.6) is 5.75 Å². The number of hydrazone groups is 1. The summed E-state index contributed by atoms with van der Waals surface area (Å²) in [6.07, 6.45) is -1.96. The molecule has 3 nitrogen and oxygen atoms in total. The predicted octanol–water partition coefficient (Wildman–Crippen LogP) is 6.23. The van der Waals surface area contributed by atoms with E-state index in [1.165, 1.54) is 12.3 Å². The van der Waals surface area contributed by atoms with Gasteiger partial charge in [-0.15, -0.1) is 0 Å². The first kappa shape index (κ1) is 20.1. The zero-order chi connectivity index (χ0) is 19.2. The Labute approximate surface area is 155 Å². The van der Waals surface area contributed by atoms with Crippen LogP contribution >= 0.6 is 11.6 Å². The lowest BCUT2D eigenvalue weighted by atomic mass is 10.1. The van der Waals surface area contributed by atoms with Gasteiger partial charge in [-0.3, -0.25) is 5.43 Å². The van der Waals surface area contributed by atoms with Crippen molar-refractivity contribution in [3.63, 3.8) is 0 Å². The van der Waals surface area contributed by atoms with Crippen LogP contribution in [0.2, 0.25) is 5.02 Å². The van der Waals surface area contributed by atoms with Crippen LogP contribution < -0.4 is 10.2 Å². The summed E-state index contributed by atoms with van der Waals surface area (Å²) >= 11 is 5.90. The van der Waals surface area contributed by atoms with Crippen LogP contribution in [-0.2, 0) is 6.18 Å². The fraction of sp³-hybridized carbons (Fsp3) is 0.316. The van der Waals surface area contributed by atoms with Gasteiger partial charge in [-0.05, 0) is 60.4 Å². The molecular formula is C19H20ClF3N2O. The van der Waals surface area contributed by atoms with Gasteiger partial charge in [0.15, 0.2) is 0 Å². The first-order chi connectivity index (χ1) is 12.3. The van der Waals surface area contributed by atoms with E-state index in [9.17, 15) is 13.2 Å². The second kappa shape index (κ2) is 8.94. The smallest absolute Gasteiger partial charge is 0.416 e. The summed E-state index contributed by atoms with van der Waals surface area (Å²) in [5.41, 5.74) is 2.62. The fourth-order valence-electron chi connectivity index (χ4n) is 2.03. The predicted molar refractivity (Wildman–Crippen MR) is 99.1 cm³/mol. The molecule has 2 aromatic carbocycles. The van der Waals surface area contributed by atoms with Crippen LogP contribution in [-0.4, -0.2) is 12.8 Å². The van der Waals surface area contributed by atoms with Crippen molar-refractivity contribution in [2.75, 3.05) is 12.0 Å². The number of benzene rings is 2. The van der Waals surface area contributed by atoms with Crippen molar-refractivity contribution in [3.8, 4) is 5.75 Å². The summed E-state index contributed by atoms with van der Waals surface area (Å²) in [7, 11) is 0. The van der Waals surface area contributed by atoms with Gasteiger partial charge in [0, 0.05) is 0 Å². The highest BCUT2D eigenvalue weighted by Crippen LogP contribution is 2.33. The molecule has 0 heterocycles. The number of rotatable bonds is 7. The van der Waals surface area contributed by atoms with E-state index in [0.29, 0.717) is 12.5 Å². The Morgan fingerprint density at radius 1 is 1.15 bits per heavy atom. The average molecular weight is 385 g/mol. The average Bonchev–Trinajstić information content (AvgIpc) is 2.56. The largest absolute Gasteiger partial charge is 0.494 e. The normalized spacial score (nSPS) is 12.0. The van der Waals surface area contributed by atoms with Gasteiger partial charge in [0.1, 0.15) is 5.75 Å². The van der Waals surface area contributed by atoms with Gasteiger partial charge in [0.2, 0.25) is 0 Å². The highest BCUT2D eigenvalue weighted by atomic mass is 35.5. The maximum atomic E-state index is 12.7. The molecule has 0 saturated heterocycles. The van der Waals surface area contributed by atoms with Crippen molar-refractivity contribution in [2.45, 2.75) is 26.4 Å². The number of ether oxygens (including phenoxy) is 1. The fourth-order valence-corrected chi connectivity index (χ4v) is 2.19. The molecule has 0 fully saturated rings. The molecule has 0 amide bonds. The standard InChI is InChI=1S/C19H20ClF3N2O/c1-13(2)9-10-26-16-6-3-14(4-7-16)12-24-25-18-11-15(19(21,22)23)5-8-17(18)20/h3-8,11-13,25H,9-10H2,1-2H3. The number of anilines is 1. The molecule has 0 aliphatic carbocycles. The number of halogens is 4. The molecule has 0 spiro atoms. The number of nitrogens with one attached hydrogen (secondary N) is 1. The molecule has 0 aliphatic heterocycles. The van der Waals surface area contributed by atoms with Gasteiger partial charge in [-0.25, -0.2) is 0 Å². The molecule has 7 heteroatoms. The lowest BCUT2D eigenvalue weighted by molar-refractivity contribution is -0.137. The first-order valence-corrected chi connectivity index (χ1v) is 8.52. The zero-order valence-electron chi connectivity index (χ0n) is 14.5. The molecule has 26 heavy (non-hydrogen) atoms. The molecule has 0 aliphatic rings. The van der Waals surface area contributed by atoms with Gasteiger partial charge in [0.25, 0.3) is 0 Å². The second-order valence-corrected chi connectivity index (χ2v) is 6.57. The first-order valence-electron chi connectivity index (χ1n) is 8.14. The van der Waals surface area contributed by atoms with Gasteiger partial charge >= 0.3 is 6.18 Å². The molecule has 0 bridgehead atoms. The van der Waals surface area contributed by atoms with Gasteiger partial charge in [0.05, 0.1) is 29.1 Å².